The highest BCUT2D eigenvalue weighted by Crippen LogP contribution is 2.37. The summed E-state index contributed by atoms with van der Waals surface area (Å²) in [6, 6.07) is 14.3. The first kappa shape index (κ1) is 19.8. The summed E-state index contributed by atoms with van der Waals surface area (Å²) in [6.45, 7) is 0. The van der Waals surface area contributed by atoms with Crippen molar-refractivity contribution >= 4 is 39.6 Å². The second kappa shape index (κ2) is 8.49. The number of hydrogen-bond acceptors (Lipinski definition) is 9. The SMILES string of the molecule is COc1ccc(OC)c(Nc2ncnc(Nc3cccc4cccnc34)c2[N+](=O)[O-])c1. The smallest absolute Gasteiger partial charge is 0.353 e. The number of nitro groups is 1. The van der Waals surface area contributed by atoms with Crippen molar-refractivity contribution in [3.05, 3.63) is 71.2 Å². The molecule has 2 aromatic carbocycles. The molecule has 0 fully saturated rings. The van der Waals surface area contributed by atoms with E-state index in [0.717, 1.165) is 5.39 Å². The van der Waals surface area contributed by atoms with Gasteiger partial charge in [-0.2, -0.15) is 0 Å². The van der Waals surface area contributed by atoms with Crippen LogP contribution < -0.4 is 20.1 Å². The van der Waals surface area contributed by atoms with Gasteiger partial charge in [0.05, 0.1) is 36.0 Å². The van der Waals surface area contributed by atoms with Crippen LogP contribution in [0.5, 0.6) is 11.5 Å². The summed E-state index contributed by atoms with van der Waals surface area (Å²) < 4.78 is 10.6. The van der Waals surface area contributed by atoms with E-state index in [1.54, 1.807) is 30.5 Å². The number of rotatable bonds is 7. The van der Waals surface area contributed by atoms with E-state index in [1.165, 1.54) is 20.5 Å². The normalized spacial score (nSPS) is 10.5. The van der Waals surface area contributed by atoms with Crippen molar-refractivity contribution in [1.29, 1.82) is 0 Å². The number of para-hydroxylation sites is 1. The fourth-order valence-electron chi connectivity index (χ4n) is 3.11. The minimum atomic E-state index is -0.546. The van der Waals surface area contributed by atoms with Crippen LogP contribution in [0, 0.1) is 10.1 Å². The lowest BCUT2D eigenvalue weighted by Crippen LogP contribution is -2.06. The van der Waals surface area contributed by atoms with E-state index in [0.29, 0.717) is 28.4 Å². The Labute approximate surface area is 177 Å². The van der Waals surface area contributed by atoms with Gasteiger partial charge in [0, 0.05) is 17.6 Å². The molecule has 0 saturated heterocycles. The maximum absolute atomic E-state index is 11.9. The Balaban J connectivity index is 1.77. The molecule has 0 spiro atoms. The molecule has 0 atom stereocenters. The van der Waals surface area contributed by atoms with Crippen molar-refractivity contribution in [3.8, 4) is 11.5 Å². The summed E-state index contributed by atoms with van der Waals surface area (Å²) in [4.78, 5) is 23.9. The molecule has 0 aliphatic rings. The molecule has 0 saturated carbocycles. The van der Waals surface area contributed by atoms with E-state index >= 15 is 0 Å². The fraction of sp³-hybridized carbons (Fsp3) is 0.0952. The molecule has 4 aromatic rings. The highest BCUT2D eigenvalue weighted by atomic mass is 16.6. The van der Waals surface area contributed by atoms with Gasteiger partial charge in [0.1, 0.15) is 17.8 Å². The van der Waals surface area contributed by atoms with Gasteiger partial charge in [-0.05, 0) is 24.3 Å². The molecule has 156 valence electrons. The maximum atomic E-state index is 11.9. The molecule has 0 aliphatic carbocycles. The average molecular weight is 418 g/mol. The number of nitrogens with one attached hydrogen (secondary N) is 2. The van der Waals surface area contributed by atoms with Crippen molar-refractivity contribution in [2.24, 2.45) is 0 Å². The van der Waals surface area contributed by atoms with Crippen LogP contribution in [0.2, 0.25) is 0 Å². The highest BCUT2D eigenvalue weighted by Gasteiger charge is 2.24. The number of aromatic nitrogens is 3. The monoisotopic (exact) mass is 418 g/mol. The molecular weight excluding hydrogens is 400 g/mol. The van der Waals surface area contributed by atoms with Gasteiger partial charge in [0.15, 0.2) is 0 Å². The Bertz CT molecular complexity index is 1260. The molecule has 0 unspecified atom stereocenters. The summed E-state index contributed by atoms with van der Waals surface area (Å²) in [5, 5.41) is 18.8. The topological polar surface area (TPSA) is 124 Å². The molecule has 0 aliphatic heterocycles. The Morgan fingerprint density at radius 3 is 2.35 bits per heavy atom. The van der Waals surface area contributed by atoms with E-state index in [-0.39, 0.29) is 17.3 Å². The fourth-order valence-corrected chi connectivity index (χ4v) is 3.11. The van der Waals surface area contributed by atoms with E-state index in [1.807, 2.05) is 24.3 Å². The summed E-state index contributed by atoms with van der Waals surface area (Å²) in [5.74, 6) is 1.06. The summed E-state index contributed by atoms with van der Waals surface area (Å²) in [7, 11) is 3.03. The lowest BCUT2D eigenvalue weighted by atomic mass is 10.2. The molecule has 2 aromatic heterocycles. The number of benzene rings is 2. The summed E-state index contributed by atoms with van der Waals surface area (Å²) in [6.07, 6.45) is 2.90. The molecule has 2 heterocycles. The van der Waals surface area contributed by atoms with Gasteiger partial charge < -0.3 is 20.1 Å². The molecule has 31 heavy (non-hydrogen) atoms. The molecule has 10 heteroatoms. The average Bonchev–Trinajstić information content (AvgIpc) is 2.79. The third-order valence-corrected chi connectivity index (χ3v) is 4.55. The van der Waals surface area contributed by atoms with Gasteiger partial charge >= 0.3 is 5.69 Å². The summed E-state index contributed by atoms with van der Waals surface area (Å²) >= 11 is 0. The first-order valence-corrected chi connectivity index (χ1v) is 9.20. The Hall–Kier alpha value is -4.47. The van der Waals surface area contributed by atoms with Crippen LogP contribution in [0.25, 0.3) is 10.9 Å². The minimum Gasteiger partial charge on any atom is -0.497 e. The number of anilines is 4. The van der Waals surface area contributed by atoms with E-state index in [2.05, 4.69) is 25.6 Å². The molecule has 0 amide bonds. The van der Waals surface area contributed by atoms with E-state index < -0.39 is 4.92 Å². The first-order valence-electron chi connectivity index (χ1n) is 9.20. The van der Waals surface area contributed by atoms with Crippen LogP contribution in [-0.2, 0) is 0 Å². The van der Waals surface area contributed by atoms with Crippen LogP contribution in [-0.4, -0.2) is 34.1 Å². The van der Waals surface area contributed by atoms with Crippen LogP contribution in [0.15, 0.2) is 61.1 Å². The first-order chi connectivity index (χ1) is 15.1. The zero-order valence-electron chi connectivity index (χ0n) is 16.7. The number of methoxy groups -OCH3 is 2. The van der Waals surface area contributed by atoms with Gasteiger partial charge in [0.25, 0.3) is 0 Å². The molecular formula is C21H18N6O4. The van der Waals surface area contributed by atoms with Crippen LogP contribution in [0.1, 0.15) is 0 Å². The Morgan fingerprint density at radius 2 is 1.65 bits per heavy atom. The second-order valence-electron chi connectivity index (χ2n) is 6.37. The van der Waals surface area contributed by atoms with Gasteiger partial charge in [-0.1, -0.05) is 18.2 Å². The molecule has 10 nitrogen and oxygen atoms in total. The van der Waals surface area contributed by atoms with Crippen LogP contribution in [0.3, 0.4) is 0 Å². The zero-order valence-corrected chi connectivity index (χ0v) is 16.7. The van der Waals surface area contributed by atoms with E-state index in [9.17, 15) is 10.1 Å². The van der Waals surface area contributed by atoms with Gasteiger partial charge in [-0.15, -0.1) is 0 Å². The van der Waals surface area contributed by atoms with Crippen molar-refractivity contribution in [2.45, 2.75) is 0 Å². The Morgan fingerprint density at radius 1 is 0.903 bits per heavy atom. The van der Waals surface area contributed by atoms with Crippen molar-refractivity contribution in [1.82, 2.24) is 15.0 Å². The Kier molecular flexibility index (Phi) is 5.43. The molecule has 0 bridgehead atoms. The van der Waals surface area contributed by atoms with Crippen LogP contribution in [0.4, 0.5) is 28.7 Å². The second-order valence-corrected chi connectivity index (χ2v) is 6.37. The lowest BCUT2D eigenvalue weighted by Gasteiger charge is -2.14. The van der Waals surface area contributed by atoms with Crippen molar-refractivity contribution < 1.29 is 14.4 Å². The predicted molar refractivity (Wildman–Crippen MR) is 117 cm³/mol. The molecule has 4 rings (SSSR count). The highest BCUT2D eigenvalue weighted by molar-refractivity contribution is 5.93. The maximum Gasteiger partial charge on any atom is 0.353 e. The van der Waals surface area contributed by atoms with Gasteiger partial charge in [0.2, 0.25) is 11.6 Å². The number of nitrogens with zero attached hydrogens (tertiary/aromatic N) is 4. The third kappa shape index (κ3) is 3.99. The zero-order chi connectivity index (χ0) is 21.8. The van der Waals surface area contributed by atoms with E-state index in [4.69, 9.17) is 9.47 Å². The van der Waals surface area contributed by atoms with Crippen LogP contribution >= 0.6 is 0 Å². The van der Waals surface area contributed by atoms with Gasteiger partial charge in [-0.3, -0.25) is 15.1 Å². The largest absolute Gasteiger partial charge is 0.497 e. The quantitative estimate of drug-likeness (QED) is 0.331. The van der Waals surface area contributed by atoms with Crippen molar-refractivity contribution in [3.63, 3.8) is 0 Å². The molecule has 2 N–H and O–H groups in total. The standard InChI is InChI=1S/C21H18N6O4/c1-30-14-8-9-17(31-2)16(11-14)26-21-19(27(28)29)20(23-12-24-21)25-15-7-3-5-13-6-4-10-22-18(13)15/h3-12H,1-2H3,(H2,23,24,25,26). The molecule has 0 radical (unpaired) electrons. The minimum absolute atomic E-state index is 0.00208. The number of hydrogen-bond donors (Lipinski definition) is 2. The third-order valence-electron chi connectivity index (χ3n) is 4.55. The van der Waals surface area contributed by atoms with Gasteiger partial charge in [-0.25, -0.2) is 9.97 Å². The van der Waals surface area contributed by atoms with Crippen molar-refractivity contribution in [2.75, 3.05) is 24.9 Å². The lowest BCUT2D eigenvalue weighted by molar-refractivity contribution is -0.383. The number of ether oxygens (including phenoxy) is 2. The predicted octanol–water partition coefficient (Wildman–Crippen LogP) is 4.44. The number of pyridine rings is 1. The summed E-state index contributed by atoms with van der Waals surface area (Å²) in [5.41, 5.74) is 1.40. The number of fused-ring (bicyclic) bond motifs is 1.